The first-order valence-electron chi connectivity index (χ1n) is 9.91. The Kier molecular flexibility index (Phi) is 5.89. The summed E-state index contributed by atoms with van der Waals surface area (Å²) in [6.45, 7) is 10.3. The molecule has 2 aromatic carbocycles. The second-order valence-corrected chi connectivity index (χ2v) is 8.59. The molecule has 5 nitrogen and oxygen atoms in total. The van der Waals surface area contributed by atoms with E-state index in [1.54, 1.807) is 39.8 Å². The van der Waals surface area contributed by atoms with Crippen LogP contribution in [0.3, 0.4) is 0 Å². The lowest BCUT2D eigenvalue weighted by Gasteiger charge is -2.22. The van der Waals surface area contributed by atoms with Crippen LogP contribution < -0.4 is 10.7 Å². The first-order valence-corrected chi connectivity index (χ1v) is 9.91. The van der Waals surface area contributed by atoms with Gasteiger partial charge in [-0.25, -0.2) is 13.6 Å². The predicted octanol–water partition coefficient (Wildman–Crippen LogP) is 5.94. The van der Waals surface area contributed by atoms with Gasteiger partial charge in [-0.05, 0) is 65.3 Å². The van der Waals surface area contributed by atoms with Crippen LogP contribution in [0, 0.1) is 25.5 Å². The maximum absolute atomic E-state index is 14.4. The molecule has 0 aliphatic rings. The van der Waals surface area contributed by atoms with E-state index in [2.05, 4.69) is 5.32 Å². The van der Waals surface area contributed by atoms with E-state index < -0.39 is 29.4 Å². The number of rotatable bonds is 3. The number of hydrogen-bond acceptors (Lipinski definition) is 4. The van der Waals surface area contributed by atoms with Crippen molar-refractivity contribution in [2.45, 2.75) is 53.2 Å². The lowest BCUT2D eigenvalue weighted by molar-refractivity contribution is 0.0508. The number of aryl methyl sites for hydroxylation is 1. The van der Waals surface area contributed by atoms with Gasteiger partial charge in [-0.15, -0.1) is 0 Å². The molecule has 1 atom stereocenters. The van der Waals surface area contributed by atoms with Gasteiger partial charge in [-0.2, -0.15) is 0 Å². The van der Waals surface area contributed by atoms with E-state index in [1.807, 2.05) is 6.92 Å². The molecule has 1 N–H and O–H groups in total. The Morgan fingerprint density at radius 1 is 1.16 bits per heavy atom. The maximum Gasteiger partial charge on any atom is 0.408 e. The minimum absolute atomic E-state index is 0.0518. The first kappa shape index (κ1) is 22.5. The van der Waals surface area contributed by atoms with E-state index in [1.165, 1.54) is 19.1 Å². The molecule has 31 heavy (non-hydrogen) atoms. The highest BCUT2D eigenvalue weighted by atomic mass is 19.2. The Balaban J connectivity index is 2.19. The first-order chi connectivity index (χ1) is 14.4. The van der Waals surface area contributed by atoms with Crippen molar-refractivity contribution in [2.24, 2.45) is 0 Å². The van der Waals surface area contributed by atoms with Crippen molar-refractivity contribution in [1.82, 2.24) is 5.32 Å². The molecular weight excluding hydrogens is 404 g/mol. The minimum atomic E-state index is -1.10. The fraction of sp³-hybridized carbons (Fsp3) is 0.333. The summed E-state index contributed by atoms with van der Waals surface area (Å²) in [6.07, 6.45) is -0.625. The lowest BCUT2D eigenvalue weighted by Crippen LogP contribution is -2.34. The zero-order valence-corrected chi connectivity index (χ0v) is 18.4. The van der Waals surface area contributed by atoms with E-state index in [-0.39, 0.29) is 27.9 Å². The highest BCUT2D eigenvalue weighted by Gasteiger charge is 2.23. The quantitative estimate of drug-likeness (QED) is 0.559. The van der Waals surface area contributed by atoms with E-state index in [9.17, 15) is 18.4 Å². The van der Waals surface area contributed by atoms with Crippen LogP contribution in [-0.2, 0) is 4.74 Å². The van der Waals surface area contributed by atoms with Gasteiger partial charge in [0.05, 0.1) is 17.0 Å². The monoisotopic (exact) mass is 429 g/mol. The van der Waals surface area contributed by atoms with Crippen molar-refractivity contribution in [3.63, 3.8) is 0 Å². The van der Waals surface area contributed by atoms with Crippen molar-refractivity contribution >= 4 is 17.1 Å². The summed E-state index contributed by atoms with van der Waals surface area (Å²) in [7, 11) is 0. The average molecular weight is 429 g/mol. The number of halogens is 2. The van der Waals surface area contributed by atoms with E-state index in [4.69, 9.17) is 9.15 Å². The molecule has 0 radical (unpaired) electrons. The fourth-order valence-corrected chi connectivity index (χ4v) is 3.39. The minimum Gasteiger partial charge on any atom is -0.455 e. The van der Waals surface area contributed by atoms with Crippen LogP contribution in [0.15, 0.2) is 39.5 Å². The second kappa shape index (κ2) is 8.13. The summed E-state index contributed by atoms with van der Waals surface area (Å²) in [4.78, 5) is 25.3. The zero-order chi connectivity index (χ0) is 23.1. The van der Waals surface area contributed by atoms with Crippen molar-refractivity contribution in [1.29, 1.82) is 0 Å². The Bertz CT molecular complexity index is 1220. The van der Waals surface area contributed by atoms with Gasteiger partial charge in [0.15, 0.2) is 17.1 Å². The van der Waals surface area contributed by atoms with Crippen LogP contribution in [-0.4, -0.2) is 11.7 Å². The molecule has 164 valence electrons. The molecule has 1 amide bonds. The molecular formula is C24H25F2NO4. The summed E-state index contributed by atoms with van der Waals surface area (Å²) in [5, 5.41) is 3.03. The lowest BCUT2D eigenvalue weighted by atomic mass is 9.99. The SMILES string of the molecule is Cc1cc([C@@H](C)NC(=O)OC(C)(C)C)c2oc(-c3cccc(F)c3F)c(C)c(=O)c2c1. The van der Waals surface area contributed by atoms with Gasteiger partial charge in [0.2, 0.25) is 0 Å². The molecule has 1 aromatic heterocycles. The largest absolute Gasteiger partial charge is 0.455 e. The number of nitrogens with one attached hydrogen (secondary N) is 1. The van der Waals surface area contributed by atoms with Gasteiger partial charge in [-0.3, -0.25) is 4.79 Å². The molecule has 7 heteroatoms. The second-order valence-electron chi connectivity index (χ2n) is 8.59. The maximum atomic E-state index is 14.4. The molecule has 0 saturated heterocycles. The van der Waals surface area contributed by atoms with Crippen LogP contribution in [0.25, 0.3) is 22.3 Å². The number of fused-ring (bicyclic) bond motifs is 1. The fourth-order valence-electron chi connectivity index (χ4n) is 3.39. The molecule has 0 unspecified atom stereocenters. The third kappa shape index (κ3) is 4.60. The molecule has 0 saturated carbocycles. The van der Waals surface area contributed by atoms with Gasteiger partial charge < -0.3 is 14.5 Å². The van der Waals surface area contributed by atoms with Crippen LogP contribution >= 0.6 is 0 Å². The molecule has 0 spiro atoms. The van der Waals surface area contributed by atoms with Gasteiger partial charge in [0.25, 0.3) is 0 Å². The molecule has 0 aliphatic carbocycles. The van der Waals surface area contributed by atoms with Crippen molar-refractivity contribution in [3.8, 4) is 11.3 Å². The molecule has 0 aliphatic heterocycles. The Hall–Kier alpha value is -3.22. The number of alkyl carbamates (subject to hydrolysis) is 1. The van der Waals surface area contributed by atoms with Crippen molar-refractivity contribution < 1.29 is 22.7 Å². The molecule has 1 heterocycles. The summed E-state index contributed by atoms with van der Waals surface area (Å²) < 4.78 is 39.5. The molecule has 0 fully saturated rings. The number of carbonyl (C=O) groups excluding carboxylic acids is 1. The van der Waals surface area contributed by atoms with Gasteiger partial charge >= 0.3 is 6.09 Å². The van der Waals surface area contributed by atoms with Crippen LogP contribution in [0.5, 0.6) is 0 Å². The number of benzene rings is 2. The summed E-state index contributed by atoms with van der Waals surface area (Å²) in [5.74, 6) is -2.19. The smallest absolute Gasteiger partial charge is 0.408 e. The van der Waals surface area contributed by atoms with E-state index in [0.29, 0.717) is 10.9 Å². The normalized spacial score (nSPS) is 12.6. The summed E-state index contributed by atoms with van der Waals surface area (Å²) >= 11 is 0. The van der Waals surface area contributed by atoms with Crippen molar-refractivity contribution in [2.75, 3.05) is 0 Å². The number of amides is 1. The highest BCUT2D eigenvalue weighted by molar-refractivity contribution is 5.84. The Labute approximate surface area is 179 Å². The Morgan fingerprint density at radius 3 is 2.48 bits per heavy atom. The predicted molar refractivity (Wildman–Crippen MR) is 115 cm³/mol. The number of ether oxygens (including phenoxy) is 1. The third-order valence-electron chi connectivity index (χ3n) is 4.79. The van der Waals surface area contributed by atoms with Crippen LogP contribution in [0.4, 0.5) is 13.6 Å². The summed E-state index contributed by atoms with van der Waals surface area (Å²) in [5.41, 5.74) is 0.507. The average Bonchev–Trinajstić information content (AvgIpc) is 2.65. The topological polar surface area (TPSA) is 68.5 Å². The Morgan fingerprint density at radius 2 is 1.84 bits per heavy atom. The molecule has 0 bridgehead atoms. The molecule has 3 aromatic rings. The van der Waals surface area contributed by atoms with Gasteiger partial charge in [0, 0.05) is 11.1 Å². The van der Waals surface area contributed by atoms with Gasteiger partial charge in [0.1, 0.15) is 16.9 Å². The third-order valence-corrected chi connectivity index (χ3v) is 4.79. The zero-order valence-electron chi connectivity index (χ0n) is 18.4. The van der Waals surface area contributed by atoms with Crippen LogP contribution in [0.2, 0.25) is 0 Å². The highest BCUT2D eigenvalue weighted by Crippen LogP contribution is 2.32. The standard InChI is InChI=1S/C24H25F2NO4/c1-12-10-16(14(3)27-23(29)31-24(4,5)6)22-17(11-12)20(28)13(2)21(30-22)15-8-7-9-18(25)19(15)26/h7-11,14H,1-6H3,(H,27,29)/t14-/m1/s1. The summed E-state index contributed by atoms with van der Waals surface area (Å²) in [6, 6.07) is 6.56. The van der Waals surface area contributed by atoms with Crippen molar-refractivity contribution in [3.05, 3.63) is 68.9 Å². The van der Waals surface area contributed by atoms with E-state index >= 15 is 0 Å². The molecule has 3 rings (SSSR count). The number of hydrogen-bond donors (Lipinski definition) is 1. The van der Waals surface area contributed by atoms with Crippen LogP contribution in [0.1, 0.15) is 50.4 Å². The van der Waals surface area contributed by atoms with E-state index in [0.717, 1.165) is 11.6 Å². The number of carbonyl (C=O) groups is 1. The van der Waals surface area contributed by atoms with Gasteiger partial charge in [-0.1, -0.05) is 12.1 Å².